The fourth-order valence-corrected chi connectivity index (χ4v) is 8.36. The zero-order valence-corrected chi connectivity index (χ0v) is 23.5. The Morgan fingerprint density at radius 1 is 1.15 bits per heavy atom. The Labute approximate surface area is 233 Å². The van der Waals surface area contributed by atoms with Gasteiger partial charge in [-0.25, -0.2) is 21.8 Å². The number of ketones is 1. The number of hydrogen-bond acceptors (Lipinski definition) is 6. The summed E-state index contributed by atoms with van der Waals surface area (Å²) in [6, 6.07) is 9.49. The van der Waals surface area contributed by atoms with E-state index in [-0.39, 0.29) is 17.6 Å². The number of rotatable bonds is 6. The maximum absolute atomic E-state index is 14.4. The van der Waals surface area contributed by atoms with E-state index >= 15 is 0 Å². The van der Waals surface area contributed by atoms with Crippen LogP contribution in [-0.2, 0) is 21.2 Å². The molecule has 1 saturated carbocycles. The number of carbonyl (C=O) groups is 1. The van der Waals surface area contributed by atoms with Gasteiger partial charge in [-0.05, 0) is 99.0 Å². The highest BCUT2D eigenvalue weighted by Crippen LogP contribution is 2.51. The molecule has 0 bridgehead atoms. The largest absolute Gasteiger partial charge is 0.381 e. The first kappa shape index (κ1) is 27.0. The molecule has 0 N–H and O–H groups in total. The number of benzene rings is 1. The van der Waals surface area contributed by atoms with Crippen LogP contribution in [0.5, 0.6) is 0 Å². The molecule has 2 fully saturated rings. The number of pyridine rings is 1. The molecule has 3 heterocycles. The molecule has 0 amide bonds. The monoisotopic (exact) mass is 564 g/mol. The molecule has 0 radical (unpaired) electrons. The molecule has 1 aromatic carbocycles. The average Bonchev–Trinajstić information content (AvgIpc) is 3.37. The summed E-state index contributed by atoms with van der Waals surface area (Å²) < 4.78 is 49.6. The van der Waals surface area contributed by atoms with Crippen LogP contribution >= 0.6 is 0 Å². The van der Waals surface area contributed by atoms with Gasteiger partial charge in [0.05, 0.1) is 28.2 Å². The molecule has 2 aliphatic carbocycles. The van der Waals surface area contributed by atoms with E-state index in [1.54, 1.807) is 42.3 Å². The number of halogens is 1. The average molecular weight is 565 g/mol. The number of Topliss-reactive ketones (excluding diaryl/α,β-unsaturated/α-hetero) is 1. The van der Waals surface area contributed by atoms with Gasteiger partial charge in [-0.2, -0.15) is 5.10 Å². The zero-order valence-electron chi connectivity index (χ0n) is 22.7. The van der Waals surface area contributed by atoms with Gasteiger partial charge in [-0.3, -0.25) is 9.78 Å². The highest BCUT2D eigenvalue weighted by molar-refractivity contribution is 7.89. The molecule has 1 saturated heterocycles. The number of fused-ring (bicyclic) bond motifs is 2. The second kappa shape index (κ2) is 10.3. The van der Waals surface area contributed by atoms with Crippen molar-refractivity contribution in [2.75, 3.05) is 20.3 Å². The Bertz CT molecular complexity index is 1580. The Morgan fingerprint density at radius 2 is 1.90 bits per heavy atom. The molecule has 210 valence electrons. The highest BCUT2D eigenvalue weighted by Gasteiger charge is 2.51. The molecular formula is C30H33FN4O4S. The summed E-state index contributed by atoms with van der Waals surface area (Å²) in [5, 5.41) is 4.12. The number of hydrogen-bond donors (Lipinski definition) is 0. The molecule has 0 unspecified atom stereocenters. The minimum Gasteiger partial charge on any atom is -0.381 e. The maximum atomic E-state index is 14.4. The van der Waals surface area contributed by atoms with Gasteiger partial charge in [0.15, 0.2) is 5.78 Å². The van der Waals surface area contributed by atoms with E-state index < -0.39 is 20.7 Å². The zero-order chi connectivity index (χ0) is 28.1. The van der Waals surface area contributed by atoms with Gasteiger partial charge in [0, 0.05) is 32.5 Å². The lowest BCUT2D eigenvalue weighted by molar-refractivity contribution is 0.0742. The first-order valence-electron chi connectivity index (χ1n) is 13.7. The number of nitrogens with zero attached hydrogens (tertiary/aromatic N) is 4. The van der Waals surface area contributed by atoms with Crippen molar-refractivity contribution in [2.24, 2.45) is 5.41 Å². The summed E-state index contributed by atoms with van der Waals surface area (Å²) in [5.74, 6) is -0.416. The number of allylic oxidation sites excluding steroid dienone is 1. The third-order valence-corrected chi connectivity index (χ3v) is 11.2. The molecule has 40 heavy (non-hydrogen) atoms. The third-order valence-electron chi connectivity index (χ3n) is 8.79. The van der Waals surface area contributed by atoms with Crippen LogP contribution in [0, 0.1) is 18.2 Å². The SMILES string of the molecule is Cc1ccnc(C(=O)[C@]23Cc4cnn(-c5ccc(F)cc5)c4C=C2CC[C@H](N(C)S(=O)(=O)C2CCOCC2)C3)c1. The molecule has 6 rings (SSSR count). The topological polar surface area (TPSA) is 94.4 Å². The predicted octanol–water partition coefficient (Wildman–Crippen LogP) is 4.52. The van der Waals surface area contributed by atoms with Crippen LogP contribution in [-0.4, -0.2) is 64.8 Å². The summed E-state index contributed by atoms with van der Waals surface area (Å²) >= 11 is 0. The van der Waals surface area contributed by atoms with E-state index in [1.807, 2.05) is 19.1 Å². The van der Waals surface area contributed by atoms with E-state index in [1.165, 1.54) is 16.4 Å². The lowest BCUT2D eigenvalue weighted by atomic mass is 9.60. The van der Waals surface area contributed by atoms with Crippen molar-refractivity contribution >= 4 is 21.9 Å². The Kier molecular flexibility index (Phi) is 6.96. The van der Waals surface area contributed by atoms with Crippen molar-refractivity contribution in [3.8, 4) is 5.69 Å². The first-order chi connectivity index (χ1) is 19.2. The molecule has 8 nitrogen and oxygen atoms in total. The van der Waals surface area contributed by atoms with Gasteiger partial charge in [0.25, 0.3) is 0 Å². The summed E-state index contributed by atoms with van der Waals surface area (Å²) in [6.45, 7) is 2.81. The molecular weight excluding hydrogens is 531 g/mol. The number of aryl methyl sites for hydroxylation is 1. The molecule has 3 aromatic rings. The predicted molar refractivity (Wildman–Crippen MR) is 149 cm³/mol. The van der Waals surface area contributed by atoms with E-state index in [9.17, 15) is 17.6 Å². The number of aromatic nitrogens is 3. The van der Waals surface area contributed by atoms with Crippen LogP contribution in [0.3, 0.4) is 0 Å². The Balaban J connectivity index is 1.40. The number of carbonyl (C=O) groups excluding carboxylic acids is 1. The minimum atomic E-state index is -3.56. The van der Waals surface area contributed by atoms with Crippen molar-refractivity contribution in [2.45, 2.75) is 56.7 Å². The van der Waals surface area contributed by atoms with Gasteiger partial charge in [-0.1, -0.05) is 5.57 Å². The fraction of sp³-hybridized carbons (Fsp3) is 0.433. The second-order valence-corrected chi connectivity index (χ2v) is 13.5. The van der Waals surface area contributed by atoms with Gasteiger partial charge in [0.1, 0.15) is 11.5 Å². The molecule has 3 aliphatic rings. The maximum Gasteiger partial charge on any atom is 0.217 e. The molecule has 1 aliphatic heterocycles. The lowest BCUT2D eigenvalue weighted by Crippen LogP contribution is -2.51. The smallest absolute Gasteiger partial charge is 0.217 e. The van der Waals surface area contributed by atoms with Crippen LogP contribution in [0.1, 0.15) is 59.4 Å². The Hall–Kier alpha value is -3.21. The third kappa shape index (κ3) is 4.61. The van der Waals surface area contributed by atoms with E-state index in [0.717, 1.165) is 28.1 Å². The summed E-state index contributed by atoms with van der Waals surface area (Å²) in [4.78, 5) is 18.8. The van der Waals surface area contributed by atoms with E-state index in [2.05, 4.69) is 10.1 Å². The quantitative estimate of drug-likeness (QED) is 0.409. The Morgan fingerprint density at radius 3 is 2.62 bits per heavy atom. The lowest BCUT2D eigenvalue weighted by Gasteiger charge is -2.46. The molecule has 10 heteroatoms. The standard InChI is InChI=1S/C30H33FN4O4S/c1-20-9-12-32-27(15-20)29(36)30-17-21-19-33-35(24-7-4-23(31)5-8-24)28(21)16-22(30)3-6-25(18-30)34(2)40(37,38)26-10-13-39-14-11-26/h4-5,7-9,12,15-16,19,25-26H,3,6,10-11,13-14,17-18H2,1-2H3/t25-,30-/m0/s1. The van der Waals surface area contributed by atoms with Crippen molar-refractivity contribution < 1.29 is 22.3 Å². The van der Waals surface area contributed by atoms with Crippen LogP contribution in [0.15, 0.2) is 54.4 Å². The first-order valence-corrected chi connectivity index (χ1v) is 15.3. The van der Waals surface area contributed by atoms with Crippen molar-refractivity contribution in [1.29, 1.82) is 0 Å². The van der Waals surface area contributed by atoms with Crippen molar-refractivity contribution in [1.82, 2.24) is 19.1 Å². The highest BCUT2D eigenvalue weighted by atomic mass is 32.2. The van der Waals surface area contributed by atoms with Crippen LogP contribution in [0.4, 0.5) is 4.39 Å². The summed E-state index contributed by atoms with van der Waals surface area (Å²) in [6.07, 6.45) is 8.35. The van der Waals surface area contributed by atoms with Crippen molar-refractivity contribution in [3.63, 3.8) is 0 Å². The minimum absolute atomic E-state index is 0.0933. The van der Waals surface area contributed by atoms with Crippen LogP contribution in [0.25, 0.3) is 11.8 Å². The second-order valence-electron chi connectivity index (χ2n) is 11.2. The van der Waals surface area contributed by atoms with Crippen molar-refractivity contribution in [3.05, 3.63) is 82.7 Å². The van der Waals surface area contributed by atoms with Crippen LogP contribution in [0.2, 0.25) is 0 Å². The molecule has 2 aromatic heterocycles. The fourth-order valence-electron chi connectivity index (χ4n) is 6.50. The van der Waals surface area contributed by atoms with Crippen LogP contribution < -0.4 is 0 Å². The number of sulfonamides is 1. The summed E-state index contributed by atoms with van der Waals surface area (Å²) in [5.41, 5.74) is 3.84. The van der Waals surface area contributed by atoms with E-state index in [0.29, 0.717) is 57.4 Å². The van der Waals surface area contributed by atoms with Gasteiger partial charge >= 0.3 is 0 Å². The molecule has 2 atom stereocenters. The van der Waals surface area contributed by atoms with Gasteiger partial charge in [-0.15, -0.1) is 0 Å². The number of ether oxygens (including phenoxy) is 1. The van der Waals surface area contributed by atoms with E-state index in [4.69, 9.17) is 4.74 Å². The summed E-state index contributed by atoms with van der Waals surface area (Å²) in [7, 11) is -1.90. The normalized spacial score (nSPS) is 23.4. The van der Waals surface area contributed by atoms with Gasteiger partial charge in [0.2, 0.25) is 10.0 Å². The van der Waals surface area contributed by atoms with Gasteiger partial charge < -0.3 is 4.74 Å². The molecule has 0 spiro atoms.